The minimum Gasteiger partial charge on any atom is -0.449 e. The predicted octanol–water partition coefficient (Wildman–Crippen LogP) is 3.27. The third-order valence-corrected chi connectivity index (χ3v) is 6.14. The first kappa shape index (κ1) is 21.3. The molecule has 1 unspecified atom stereocenters. The minimum absolute atomic E-state index is 0.0227. The van der Waals surface area contributed by atoms with Crippen molar-refractivity contribution in [3.8, 4) is 0 Å². The van der Waals surface area contributed by atoms with Crippen LogP contribution in [-0.2, 0) is 19.6 Å². The Labute approximate surface area is 174 Å². The quantitative estimate of drug-likeness (QED) is 0.648. The lowest BCUT2D eigenvalue weighted by molar-refractivity contribution is -0.123. The van der Waals surface area contributed by atoms with Gasteiger partial charge in [0.15, 0.2) is 6.10 Å². The van der Waals surface area contributed by atoms with Gasteiger partial charge >= 0.3 is 5.97 Å². The van der Waals surface area contributed by atoms with E-state index in [1.807, 2.05) is 6.92 Å². The van der Waals surface area contributed by atoms with Crippen molar-refractivity contribution in [1.29, 1.82) is 0 Å². The number of rotatable bonds is 7. The first-order valence-electron chi connectivity index (χ1n) is 9.06. The zero-order valence-corrected chi connectivity index (χ0v) is 17.5. The van der Waals surface area contributed by atoms with Gasteiger partial charge in [-0.1, -0.05) is 23.7 Å². The van der Waals surface area contributed by atoms with E-state index >= 15 is 0 Å². The van der Waals surface area contributed by atoms with Crippen LogP contribution in [0.4, 0.5) is 5.69 Å². The van der Waals surface area contributed by atoms with Gasteiger partial charge < -0.3 is 10.1 Å². The summed E-state index contributed by atoms with van der Waals surface area (Å²) >= 11 is 5.94. The van der Waals surface area contributed by atoms with E-state index in [-0.39, 0.29) is 16.5 Å². The van der Waals surface area contributed by atoms with E-state index in [1.54, 1.807) is 18.2 Å². The Bertz CT molecular complexity index is 1050. The summed E-state index contributed by atoms with van der Waals surface area (Å²) in [5.41, 5.74) is 1.37. The lowest BCUT2D eigenvalue weighted by Gasteiger charge is -2.15. The molecule has 1 saturated carbocycles. The summed E-state index contributed by atoms with van der Waals surface area (Å²) in [4.78, 5) is 24.7. The van der Waals surface area contributed by atoms with Gasteiger partial charge in [-0.3, -0.25) is 4.79 Å². The minimum atomic E-state index is -3.70. The van der Waals surface area contributed by atoms with Gasteiger partial charge in [0.05, 0.1) is 10.5 Å². The number of aryl methyl sites for hydroxylation is 1. The fraction of sp³-hybridized carbons (Fsp3) is 0.300. The molecule has 1 fully saturated rings. The van der Waals surface area contributed by atoms with E-state index in [1.165, 1.54) is 31.2 Å². The van der Waals surface area contributed by atoms with Crippen LogP contribution in [0.15, 0.2) is 47.4 Å². The van der Waals surface area contributed by atoms with Gasteiger partial charge in [-0.15, -0.1) is 0 Å². The maximum atomic E-state index is 12.4. The average molecular weight is 437 g/mol. The second-order valence-corrected chi connectivity index (χ2v) is 9.07. The molecule has 2 N–H and O–H groups in total. The maximum Gasteiger partial charge on any atom is 0.338 e. The van der Waals surface area contributed by atoms with Crippen LogP contribution >= 0.6 is 11.6 Å². The monoisotopic (exact) mass is 436 g/mol. The van der Waals surface area contributed by atoms with Gasteiger partial charge in [0.2, 0.25) is 10.0 Å². The van der Waals surface area contributed by atoms with Crippen LogP contribution in [0, 0.1) is 6.92 Å². The standard InChI is InChI=1S/C20H21ClN2O5S/c1-12-6-7-15(21)11-18(12)22-19(24)13(2)28-20(25)14-4-3-5-17(10-14)29(26,27)23-16-8-9-16/h3-7,10-11,13,16,23H,8-9H2,1-2H3,(H,22,24). The van der Waals surface area contributed by atoms with Crippen LogP contribution in [0.25, 0.3) is 0 Å². The van der Waals surface area contributed by atoms with E-state index in [0.29, 0.717) is 10.7 Å². The van der Waals surface area contributed by atoms with E-state index < -0.39 is 28.0 Å². The fourth-order valence-electron chi connectivity index (χ4n) is 2.52. The Morgan fingerprint density at radius 3 is 2.59 bits per heavy atom. The van der Waals surface area contributed by atoms with Crippen LogP contribution in [0.3, 0.4) is 0 Å². The molecule has 2 aromatic rings. The molecule has 3 rings (SSSR count). The predicted molar refractivity (Wildman–Crippen MR) is 109 cm³/mol. The molecular weight excluding hydrogens is 416 g/mol. The topological polar surface area (TPSA) is 102 Å². The first-order valence-corrected chi connectivity index (χ1v) is 10.9. The number of anilines is 1. The summed E-state index contributed by atoms with van der Waals surface area (Å²) in [6, 6.07) is 10.5. The summed E-state index contributed by atoms with van der Waals surface area (Å²) in [7, 11) is -3.70. The smallest absolute Gasteiger partial charge is 0.338 e. The number of hydrogen-bond donors (Lipinski definition) is 2. The molecule has 0 bridgehead atoms. The van der Waals surface area contributed by atoms with Crippen LogP contribution < -0.4 is 10.0 Å². The zero-order chi connectivity index (χ0) is 21.2. The molecule has 1 aliphatic rings. The molecular formula is C20H21ClN2O5S. The van der Waals surface area contributed by atoms with Gasteiger partial charge in [-0.25, -0.2) is 17.9 Å². The second-order valence-electron chi connectivity index (χ2n) is 6.92. The number of benzene rings is 2. The molecule has 0 spiro atoms. The van der Waals surface area contributed by atoms with Crippen molar-refractivity contribution in [1.82, 2.24) is 4.72 Å². The molecule has 0 aliphatic heterocycles. The number of ether oxygens (including phenoxy) is 1. The second kappa shape index (κ2) is 8.52. The van der Waals surface area contributed by atoms with Crippen LogP contribution in [0.2, 0.25) is 5.02 Å². The highest BCUT2D eigenvalue weighted by Gasteiger charge is 2.28. The summed E-state index contributed by atoms with van der Waals surface area (Å²) in [6.07, 6.45) is 0.519. The lowest BCUT2D eigenvalue weighted by Crippen LogP contribution is -2.30. The third kappa shape index (κ3) is 5.56. The lowest BCUT2D eigenvalue weighted by atomic mass is 10.2. The van der Waals surface area contributed by atoms with E-state index in [0.717, 1.165) is 18.4 Å². The molecule has 0 heterocycles. The van der Waals surface area contributed by atoms with Crippen molar-refractivity contribution in [2.75, 3.05) is 5.32 Å². The first-order chi connectivity index (χ1) is 13.7. The van der Waals surface area contributed by atoms with Crippen LogP contribution in [0.1, 0.15) is 35.7 Å². The zero-order valence-electron chi connectivity index (χ0n) is 15.9. The van der Waals surface area contributed by atoms with Gasteiger partial charge in [0.25, 0.3) is 5.91 Å². The highest BCUT2D eigenvalue weighted by Crippen LogP contribution is 2.23. The van der Waals surface area contributed by atoms with Crippen molar-refractivity contribution >= 4 is 39.2 Å². The number of amides is 1. The number of esters is 1. The highest BCUT2D eigenvalue weighted by atomic mass is 35.5. The molecule has 1 atom stereocenters. The van der Waals surface area contributed by atoms with Gasteiger partial charge in [0, 0.05) is 16.8 Å². The number of nitrogens with one attached hydrogen (secondary N) is 2. The number of carbonyl (C=O) groups excluding carboxylic acids is 2. The Morgan fingerprint density at radius 2 is 1.90 bits per heavy atom. The van der Waals surface area contributed by atoms with Crippen molar-refractivity contribution < 1.29 is 22.7 Å². The summed E-state index contributed by atoms with van der Waals surface area (Å²) in [6.45, 7) is 3.24. The summed E-state index contributed by atoms with van der Waals surface area (Å²) < 4.78 is 32.4. The largest absolute Gasteiger partial charge is 0.449 e. The Hall–Kier alpha value is -2.42. The third-order valence-electron chi connectivity index (χ3n) is 4.39. The van der Waals surface area contributed by atoms with Gasteiger partial charge in [-0.05, 0) is 62.6 Å². The number of sulfonamides is 1. The maximum absolute atomic E-state index is 12.4. The molecule has 29 heavy (non-hydrogen) atoms. The van der Waals surface area contributed by atoms with Crippen molar-refractivity contribution in [3.05, 3.63) is 58.6 Å². The number of hydrogen-bond acceptors (Lipinski definition) is 5. The highest BCUT2D eigenvalue weighted by molar-refractivity contribution is 7.89. The van der Waals surface area contributed by atoms with Crippen LogP contribution in [-0.4, -0.2) is 32.4 Å². The number of halogens is 1. The molecule has 154 valence electrons. The molecule has 1 amide bonds. The van der Waals surface area contributed by atoms with Crippen LogP contribution in [0.5, 0.6) is 0 Å². The van der Waals surface area contributed by atoms with Gasteiger partial charge in [-0.2, -0.15) is 0 Å². The Morgan fingerprint density at radius 1 is 1.17 bits per heavy atom. The average Bonchev–Trinajstić information content (AvgIpc) is 3.48. The van der Waals surface area contributed by atoms with E-state index in [9.17, 15) is 18.0 Å². The Balaban J connectivity index is 1.67. The molecule has 7 nitrogen and oxygen atoms in total. The summed E-state index contributed by atoms with van der Waals surface area (Å²) in [5, 5.41) is 3.13. The van der Waals surface area contributed by atoms with Crippen molar-refractivity contribution in [2.45, 2.75) is 43.7 Å². The Kier molecular flexibility index (Phi) is 6.26. The number of carbonyl (C=O) groups is 2. The SMILES string of the molecule is Cc1ccc(Cl)cc1NC(=O)C(C)OC(=O)c1cccc(S(=O)(=O)NC2CC2)c1. The molecule has 0 aromatic heterocycles. The van der Waals surface area contributed by atoms with Gasteiger partial charge in [0.1, 0.15) is 0 Å². The molecule has 9 heteroatoms. The van der Waals surface area contributed by atoms with Crippen molar-refractivity contribution in [2.24, 2.45) is 0 Å². The molecule has 0 radical (unpaired) electrons. The fourth-order valence-corrected chi connectivity index (χ4v) is 4.05. The van der Waals surface area contributed by atoms with Crippen molar-refractivity contribution in [3.63, 3.8) is 0 Å². The van der Waals surface area contributed by atoms with E-state index in [2.05, 4.69) is 10.0 Å². The summed E-state index contributed by atoms with van der Waals surface area (Å²) in [5.74, 6) is -1.32. The normalized spacial score (nSPS) is 14.9. The molecule has 1 aliphatic carbocycles. The molecule has 2 aromatic carbocycles. The molecule has 0 saturated heterocycles. The van der Waals surface area contributed by atoms with E-state index in [4.69, 9.17) is 16.3 Å².